The van der Waals surface area contributed by atoms with E-state index in [0.717, 1.165) is 0 Å². The SMILES string of the molecule is CCc1cc(Cn2nc(C(F)(F)F)cc2C(F)(F)F)ccc1N. The van der Waals surface area contributed by atoms with Crippen LogP contribution in [0.1, 0.15) is 29.4 Å². The van der Waals surface area contributed by atoms with Crippen LogP contribution in [-0.2, 0) is 25.3 Å². The molecule has 0 bridgehead atoms. The molecule has 2 N–H and O–H groups in total. The maximum Gasteiger partial charge on any atom is 0.435 e. The maximum atomic E-state index is 12.9. The number of anilines is 1. The van der Waals surface area contributed by atoms with E-state index in [1.165, 1.54) is 12.1 Å². The summed E-state index contributed by atoms with van der Waals surface area (Å²) in [6, 6.07) is 4.54. The summed E-state index contributed by atoms with van der Waals surface area (Å²) in [6.45, 7) is 1.38. The molecule has 3 nitrogen and oxygen atoms in total. The van der Waals surface area contributed by atoms with Crippen LogP contribution >= 0.6 is 0 Å². The molecule has 0 fully saturated rings. The zero-order valence-corrected chi connectivity index (χ0v) is 12.0. The van der Waals surface area contributed by atoms with Gasteiger partial charge in [-0.2, -0.15) is 31.4 Å². The van der Waals surface area contributed by atoms with Gasteiger partial charge >= 0.3 is 12.4 Å². The molecule has 1 heterocycles. The Bertz CT molecular complexity index is 700. The molecule has 126 valence electrons. The zero-order valence-electron chi connectivity index (χ0n) is 12.0. The average molecular weight is 337 g/mol. The Morgan fingerprint density at radius 3 is 2.22 bits per heavy atom. The lowest BCUT2D eigenvalue weighted by molar-refractivity contribution is -0.144. The van der Waals surface area contributed by atoms with Gasteiger partial charge in [-0.1, -0.05) is 19.1 Å². The molecule has 0 atom stereocenters. The molecule has 0 unspecified atom stereocenters. The van der Waals surface area contributed by atoms with E-state index >= 15 is 0 Å². The number of hydrogen-bond acceptors (Lipinski definition) is 2. The van der Waals surface area contributed by atoms with Crippen LogP contribution in [0.5, 0.6) is 0 Å². The van der Waals surface area contributed by atoms with E-state index < -0.39 is 30.3 Å². The number of nitrogens with two attached hydrogens (primary N) is 1. The van der Waals surface area contributed by atoms with Gasteiger partial charge in [0.15, 0.2) is 5.69 Å². The van der Waals surface area contributed by atoms with Crippen molar-refractivity contribution in [3.05, 3.63) is 46.8 Å². The second-order valence-corrected chi connectivity index (χ2v) is 4.95. The van der Waals surface area contributed by atoms with Crippen LogP contribution in [0, 0.1) is 0 Å². The number of benzene rings is 1. The van der Waals surface area contributed by atoms with Gasteiger partial charge in [-0.3, -0.25) is 4.68 Å². The first kappa shape index (κ1) is 17.2. The van der Waals surface area contributed by atoms with Crippen molar-refractivity contribution in [1.82, 2.24) is 9.78 Å². The fourth-order valence-electron chi connectivity index (χ4n) is 2.14. The number of halogens is 6. The first-order valence-electron chi connectivity index (χ1n) is 6.62. The van der Waals surface area contributed by atoms with E-state index in [1.54, 1.807) is 6.07 Å². The number of alkyl halides is 6. The van der Waals surface area contributed by atoms with Crippen LogP contribution in [0.2, 0.25) is 0 Å². The van der Waals surface area contributed by atoms with E-state index in [2.05, 4.69) is 5.10 Å². The highest BCUT2D eigenvalue weighted by atomic mass is 19.4. The Morgan fingerprint density at radius 1 is 1.04 bits per heavy atom. The van der Waals surface area contributed by atoms with E-state index in [9.17, 15) is 26.3 Å². The van der Waals surface area contributed by atoms with Gasteiger partial charge in [-0.05, 0) is 23.6 Å². The summed E-state index contributed by atoms with van der Waals surface area (Å²) in [7, 11) is 0. The molecule has 0 radical (unpaired) electrons. The molecule has 1 aromatic carbocycles. The van der Waals surface area contributed by atoms with E-state index in [-0.39, 0.29) is 6.07 Å². The molecule has 0 saturated carbocycles. The van der Waals surface area contributed by atoms with Gasteiger partial charge in [0.1, 0.15) is 5.69 Å². The third-order valence-electron chi connectivity index (χ3n) is 3.28. The Hall–Kier alpha value is -2.19. The average Bonchev–Trinajstić information content (AvgIpc) is 2.85. The van der Waals surface area contributed by atoms with Gasteiger partial charge < -0.3 is 5.73 Å². The smallest absolute Gasteiger partial charge is 0.399 e. The number of aromatic nitrogens is 2. The molecule has 0 aliphatic carbocycles. The molecule has 1 aromatic heterocycles. The first-order valence-corrected chi connectivity index (χ1v) is 6.62. The van der Waals surface area contributed by atoms with Crippen LogP contribution in [0.4, 0.5) is 32.0 Å². The molecule has 2 rings (SSSR count). The molecule has 0 aliphatic heterocycles. The van der Waals surface area contributed by atoms with Crippen molar-refractivity contribution in [2.45, 2.75) is 32.2 Å². The lowest BCUT2D eigenvalue weighted by Crippen LogP contribution is -2.15. The van der Waals surface area contributed by atoms with Gasteiger partial charge in [-0.15, -0.1) is 0 Å². The van der Waals surface area contributed by atoms with E-state index in [1.807, 2.05) is 6.92 Å². The van der Waals surface area contributed by atoms with Crippen LogP contribution in [0.15, 0.2) is 24.3 Å². The summed E-state index contributed by atoms with van der Waals surface area (Å²) < 4.78 is 76.9. The number of aryl methyl sites for hydroxylation is 1. The van der Waals surface area contributed by atoms with Gasteiger partial charge in [-0.25, -0.2) is 0 Å². The van der Waals surface area contributed by atoms with Crippen LogP contribution < -0.4 is 5.73 Å². The quantitative estimate of drug-likeness (QED) is 0.676. The van der Waals surface area contributed by atoms with Crippen molar-refractivity contribution < 1.29 is 26.3 Å². The molecule has 0 amide bonds. The van der Waals surface area contributed by atoms with E-state index in [4.69, 9.17) is 5.73 Å². The molecule has 0 saturated heterocycles. The van der Waals surface area contributed by atoms with Gasteiger partial charge in [0.2, 0.25) is 0 Å². The highest BCUT2D eigenvalue weighted by Gasteiger charge is 2.41. The summed E-state index contributed by atoms with van der Waals surface area (Å²) in [5, 5.41) is 3.06. The number of nitrogens with zero attached hydrogens (tertiary/aromatic N) is 2. The highest BCUT2D eigenvalue weighted by molar-refractivity contribution is 5.48. The summed E-state index contributed by atoms with van der Waals surface area (Å²) >= 11 is 0. The first-order chi connectivity index (χ1) is 10.5. The summed E-state index contributed by atoms with van der Waals surface area (Å²) in [6.07, 6.45) is -9.32. The summed E-state index contributed by atoms with van der Waals surface area (Å²) in [5.41, 5.74) is 4.26. The number of rotatable bonds is 3. The summed E-state index contributed by atoms with van der Waals surface area (Å²) in [4.78, 5) is 0. The minimum atomic E-state index is -4.94. The number of hydrogen-bond donors (Lipinski definition) is 1. The number of nitrogen functional groups attached to an aromatic ring is 1. The van der Waals surface area contributed by atoms with Crippen molar-refractivity contribution in [3.63, 3.8) is 0 Å². The molecule has 0 spiro atoms. The fourth-order valence-corrected chi connectivity index (χ4v) is 2.14. The largest absolute Gasteiger partial charge is 0.435 e. The Morgan fingerprint density at radius 2 is 1.70 bits per heavy atom. The standard InChI is InChI=1S/C14H13F6N3/c1-2-9-5-8(3-4-10(9)21)7-23-12(14(18,19)20)6-11(22-23)13(15,16)17/h3-6H,2,7,21H2,1H3. The third kappa shape index (κ3) is 3.77. The second-order valence-electron chi connectivity index (χ2n) is 4.95. The predicted octanol–water partition coefficient (Wildman–Crippen LogP) is 4.11. The highest BCUT2D eigenvalue weighted by Crippen LogP contribution is 2.35. The van der Waals surface area contributed by atoms with Gasteiger partial charge in [0.25, 0.3) is 0 Å². The lowest BCUT2D eigenvalue weighted by Gasteiger charge is -2.11. The topological polar surface area (TPSA) is 43.8 Å². The predicted molar refractivity (Wildman–Crippen MR) is 71.6 cm³/mol. The van der Waals surface area contributed by atoms with Crippen molar-refractivity contribution in [3.8, 4) is 0 Å². The molecule has 2 aromatic rings. The van der Waals surface area contributed by atoms with E-state index in [0.29, 0.717) is 27.9 Å². The molecule has 9 heteroatoms. The normalized spacial score (nSPS) is 12.7. The van der Waals surface area contributed by atoms with Crippen LogP contribution in [0.3, 0.4) is 0 Å². The monoisotopic (exact) mass is 337 g/mol. The van der Waals surface area contributed by atoms with Gasteiger partial charge in [0.05, 0.1) is 6.54 Å². The van der Waals surface area contributed by atoms with Crippen LogP contribution in [-0.4, -0.2) is 9.78 Å². The lowest BCUT2D eigenvalue weighted by atomic mass is 10.1. The zero-order chi connectivity index (χ0) is 17.4. The Labute approximate surface area is 127 Å². The minimum absolute atomic E-state index is 0.0119. The van der Waals surface area contributed by atoms with Crippen LogP contribution in [0.25, 0.3) is 0 Å². The Balaban J connectivity index is 2.44. The molecule has 23 heavy (non-hydrogen) atoms. The fraction of sp³-hybridized carbons (Fsp3) is 0.357. The van der Waals surface area contributed by atoms with Crippen molar-refractivity contribution >= 4 is 5.69 Å². The molecular formula is C14H13F6N3. The minimum Gasteiger partial charge on any atom is -0.399 e. The summed E-state index contributed by atoms with van der Waals surface area (Å²) in [5.74, 6) is 0. The van der Waals surface area contributed by atoms with Gasteiger partial charge in [0, 0.05) is 11.8 Å². The Kier molecular flexibility index (Phi) is 4.32. The van der Waals surface area contributed by atoms with Crippen molar-refractivity contribution in [2.75, 3.05) is 5.73 Å². The second kappa shape index (κ2) is 5.78. The molecular weight excluding hydrogens is 324 g/mol. The van der Waals surface area contributed by atoms with Crippen molar-refractivity contribution in [1.29, 1.82) is 0 Å². The maximum absolute atomic E-state index is 12.9. The molecule has 0 aliphatic rings. The third-order valence-corrected chi connectivity index (χ3v) is 3.28. The van der Waals surface area contributed by atoms with Crippen molar-refractivity contribution in [2.24, 2.45) is 0 Å².